The van der Waals surface area contributed by atoms with Crippen LogP contribution in [-0.2, 0) is 9.59 Å². The third-order valence-electron chi connectivity index (χ3n) is 2.57. The molecule has 1 saturated heterocycles. The van der Waals surface area contributed by atoms with Crippen LogP contribution in [0.5, 0.6) is 0 Å². The minimum Gasteiger partial charge on any atom is -0.326 e. The first kappa shape index (κ1) is 14.3. The van der Waals surface area contributed by atoms with Gasteiger partial charge in [0.15, 0.2) is 5.17 Å². The van der Waals surface area contributed by atoms with Crippen LogP contribution in [0.2, 0.25) is 0 Å². The fourth-order valence-corrected chi connectivity index (χ4v) is 2.64. The molecule has 0 aromatic heterocycles. The van der Waals surface area contributed by atoms with E-state index < -0.39 is 5.25 Å². The Morgan fingerprint density at radius 1 is 1.45 bits per heavy atom. The van der Waals surface area contributed by atoms with Crippen molar-refractivity contribution in [3.05, 3.63) is 43.0 Å². The number of amidine groups is 1. The Hall–Kier alpha value is -2.08. The van der Waals surface area contributed by atoms with E-state index in [1.54, 1.807) is 18.2 Å². The van der Waals surface area contributed by atoms with Gasteiger partial charge in [-0.25, -0.2) is 0 Å². The zero-order chi connectivity index (χ0) is 14.4. The van der Waals surface area contributed by atoms with Gasteiger partial charge in [-0.1, -0.05) is 36.0 Å². The number of rotatable bonds is 5. The fourth-order valence-electron chi connectivity index (χ4n) is 1.66. The molecule has 0 bridgehead atoms. The van der Waals surface area contributed by atoms with Crippen LogP contribution in [-0.4, -0.2) is 28.8 Å². The molecule has 1 aliphatic heterocycles. The fraction of sp³-hybridized carbons (Fsp3) is 0.214. The first-order chi connectivity index (χ1) is 9.69. The van der Waals surface area contributed by atoms with Crippen molar-refractivity contribution in [2.75, 3.05) is 11.9 Å². The molecular formula is C14H15N3O2S. The number of amides is 2. The van der Waals surface area contributed by atoms with Gasteiger partial charge in [-0.3, -0.25) is 14.6 Å². The van der Waals surface area contributed by atoms with E-state index >= 15 is 0 Å². The lowest BCUT2D eigenvalue weighted by atomic mass is 10.2. The standard InChI is InChI=1S/C14H15N3O2S/c1-2-8-15-14-17-13(19)11(20-14)9-12(18)16-10-6-4-3-5-7-10/h2-7,11H,1,8-9H2,(H,16,18)(H,15,17,19). The molecule has 0 radical (unpaired) electrons. The molecular weight excluding hydrogens is 274 g/mol. The van der Waals surface area contributed by atoms with Crippen molar-refractivity contribution in [3.63, 3.8) is 0 Å². The summed E-state index contributed by atoms with van der Waals surface area (Å²) in [5.41, 5.74) is 0.724. The van der Waals surface area contributed by atoms with Crippen molar-refractivity contribution >= 4 is 34.4 Å². The third-order valence-corrected chi connectivity index (χ3v) is 3.69. The Bertz CT molecular complexity index is 543. The summed E-state index contributed by atoms with van der Waals surface area (Å²) in [6.45, 7) is 4.01. The highest BCUT2D eigenvalue weighted by molar-refractivity contribution is 8.15. The normalized spacial score (nSPS) is 19.7. The lowest BCUT2D eigenvalue weighted by Gasteiger charge is -2.06. The number of nitrogens with one attached hydrogen (secondary N) is 2. The van der Waals surface area contributed by atoms with Crippen molar-refractivity contribution in [2.24, 2.45) is 4.99 Å². The Balaban J connectivity index is 1.89. The van der Waals surface area contributed by atoms with Gasteiger partial charge < -0.3 is 10.6 Å². The summed E-state index contributed by atoms with van der Waals surface area (Å²) in [5, 5.41) is 5.53. The Morgan fingerprint density at radius 3 is 2.90 bits per heavy atom. The molecule has 20 heavy (non-hydrogen) atoms. The second-order valence-electron chi connectivity index (χ2n) is 4.15. The van der Waals surface area contributed by atoms with Crippen LogP contribution in [0.3, 0.4) is 0 Å². The molecule has 0 spiro atoms. The van der Waals surface area contributed by atoms with Crippen molar-refractivity contribution in [2.45, 2.75) is 11.7 Å². The van der Waals surface area contributed by atoms with Gasteiger partial charge in [0.2, 0.25) is 11.8 Å². The molecule has 2 N–H and O–H groups in total. The van der Waals surface area contributed by atoms with E-state index in [2.05, 4.69) is 22.2 Å². The second-order valence-corrected chi connectivity index (χ2v) is 5.34. The van der Waals surface area contributed by atoms with Gasteiger partial charge in [-0.05, 0) is 12.1 Å². The lowest BCUT2D eigenvalue weighted by Crippen LogP contribution is -2.28. The van der Waals surface area contributed by atoms with Crippen LogP contribution in [0.25, 0.3) is 0 Å². The molecule has 1 fully saturated rings. The molecule has 2 rings (SSSR count). The van der Waals surface area contributed by atoms with Gasteiger partial charge in [0.05, 0.1) is 6.54 Å². The van der Waals surface area contributed by atoms with Gasteiger partial charge in [0.1, 0.15) is 5.25 Å². The summed E-state index contributed by atoms with van der Waals surface area (Å²) in [7, 11) is 0. The molecule has 1 unspecified atom stereocenters. The number of hydrogen-bond acceptors (Lipinski definition) is 4. The quantitative estimate of drug-likeness (QED) is 0.812. The predicted molar refractivity (Wildman–Crippen MR) is 81.7 cm³/mol. The van der Waals surface area contributed by atoms with Gasteiger partial charge in [-0.2, -0.15) is 0 Å². The molecule has 1 aromatic carbocycles. The largest absolute Gasteiger partial charge is 0.326 e. The summed E-state index contributed by atoms with van der Waals surface area (Å²) in [6.07, 6.45) is 1.77. The van der Waals surface area contributed by atoms with Crippen LogP contribution in [0.1, 0.15) is 6.42 Å². The van der Waals surface area contributed by atoms with Crippen LogP contribution < -0.4 is 10.6 Å². The van der Waals surface area contributed by atoms with Gasteiger partial charge >= 0.3 is 0 Å². The number of nitrogens with zero attached hydrogens (tertiary/aromatic N) is 1. The number of aliphatic imine (C=N–C) groups is 1. The molecule has 1 aromatic rings. The van der Waals surface area contributed by atoms with Crippen LogP contribution in [0, 0.1) is 0 Å². The van der Waals surface area contributed by atoms with Crippen LogP contribution >= 0.6 is 11.8 Å². The first-order valence-corrected chi connectivity index (χ1v) is 7.05. The smallest absolute Gasteiger partial charge is 0.240 e. The minimum atomic E-state index is -0.428. The molecule has 2 amide bonds. The van der Waals surface area contributed by atoms with E-state index in [4.69, 9.17) is 0 Å². The molecule has 1 aliphatic rings. The summed E-state index contributed by atoms with van der Waals surface area (Å²) < 4.78 is 0. The molecule has 1 atom stereocenters. The molecule has 1 heterocycles. The van der Waals surface area contributed by atoms with Gasteiger partial charge in [0, 0.05) is 12.1 Å². The number of carbonyl (C=O) groups excluding carboxylic acids is 2. The van der Waals surface area contributed by atoms with Gasteiger partial charge in [-0.15, -0.1) is 6.58 Å². The Labute approximate surface area is 121 Å². The number of carbonyl (C=O) groups is 2. The van der Waals surface area contributed by atoms with Crippen molar-refractivity contribution in [1.82, 2.24) is 5.32 Å². The number of thioether (sulfide) groups is 1. The Morgan fingerprint density at radius 2 is 2.20 bits per heavy atom. The molecule has 0 saturated carbocycles. The van der Waals surface area contributed by atoms with E-state index in [0.717, 1.165) is 5.69 Å². The lowest BCUT2D eigenvalue weighted by molar-refractivity contribution is -0.122. The first-order valence-electron chi connectivity index (χ1n) is 6.17. The maximum Gasteiger partial charge on any atom is 0.240 e. The third kappa shape index (κ3) is 3.96. The molecule has 5 nitrogen and oxygen atoms in total. The minimum absolute atomic E-state index is 0.124. The highest BCUT2D eigenvalue weighted by atomic mass is 32.2. The van der Waals surface area contributed by atoms with Crippen LogP contribution in [0.15, 0.2) is 48.0 Å². The summed E-state index contributed by atoms with van der Waals surface area (Å²) in [4.78, 5) is 27.7. The summed E-state index contributed by atoms with van der Waals surface area (Å²) in [5.74, 6) is -0.366. The zero-order valence-electron chi connectivity index (χ0n) is 10.8. The van der Waals surface area contributed by atoms with E-state index in [1.165, 1.54) is 11.8 Å². The number of anilines is 1. The van der Waals surface area contributed by atoms with Crippen molar-refractivity contribution < 1.29 is 9.59 Å². The monoisotopic (exact) mass is 289 g/mol. The summed E-state index contributed by atoms with van der Waals surface area (Å²) >= 11 is 1.28. The maximum absolute atomic E-state index is 11.9. The highest BCUT2D eigenvalue weighted by Crippen LogP contribution is 2.22. The maximum atomic E-state index is 11.9. The van der Waals surface area contributed by atoms with Crippen molar-refractivity contribution in [3.8, 4) is 0 Å². The van der Waals surface area contributed by atoms with Crippen LogP contribution in [0.4, 0.5) is 5.69 Å². The van der Waals surface area contributed by atoms with E-state index in [0.29, 0.717) is 11.7 Å². The Kier molecular flexibility index (Phi) is 4.95. The van der Waals surface area contributed by atoms with E-state index in [9.17, 15) is 9.59 Å². The van der Waals surface area contributed by atoms with Crippen molar-refractivity contribution in [1.29, 1.82) is 0 Å². The van der Waals surface area contributed by atoms with Gasteiger partial charge in [0.25, 0.3) is 0 Å². The van der Waals surface area contributed by atoms with E-state index in [-0.39, 0.29) is 18.2 Å². The average molecular weight is 289 g/mol. The summed E-state index contributed by atoms with van der Waals surface area (Å²) in [6, 6.07) is 9.16. The molecule has 6 heteroatoms. The average Bonchev–Trinajstić information content (AvgIpc) is 2.78. The second kappa shape index (κ2) is 6.91. The highest BCUT2D eigenvalue weighted by Gasteiger charge is 2.31. The number of hydrogen-bond donors (Lipinski definition) is 2. The topological polar surface area (TPSA) is 70.6 Å². The molecule has 0 aliphatic carbocycles. The SMILES string of the molecule is C=CCN=C1NC(=O)C(CC(=O)Nc2ccccc2)S1. The zero-order valence-corrected chi connectivity index (χ0v) is 11.7. The number of benzene rings is 1. The van der Waals surface area contributed by atoms with E-state index in [1.807, 2.05) is 18.2 Å². The number of para-hydroxylation sites is 1. The molecule has 104 valence electrons. The predicted octanol–water partition coefficient (Wildman–Crippen LogP) is 1.79.